The molecule has 2 atom stereocenters. The van der Waals surface area contributed by atoms with Gasteiger partial charge in [0.2, 0.25) is 5.91 Å². The van der Waals surface area contributed by atoms with E-state index in [2.05, 4.69) is 28.5 Å². The van der Waals surface area contributed by atoms with Gasteiger partial charge in [0.05, 0.1) is 18.7 Å². The number of nitriles is 1. The Balaban J connectivity index is 1.46. The fourth-order valence-electron chi connectivity index (χ4n) is 4.88. The van der Waals surface area contributed by atoms with Gasteiger partial charge in [-0.2, -0.15) is 5.26 Å². The molecule has 160 valence electrons. The molecule has 2 N–H and O–H groups in total. The maximum absolute atomic E-state index is 13.0. The van der Waals surface area contributed by atoms with E-state index in [0.29, 0.717) is 18.9 Å². The summed E-state index contributed by atoms with van der Waals surface area (Å²) in [6.45, 7) is 1.45. The number of hydrogen-bond acceptors (Lipinski definition) is 4. The molecule has 4 rings (SSSR count). The predicted octanol–water partition coefficient (Wildman–Crippen LogP) is 3.77. The van der Waals surface area contributed by atoms with Crippen LogP contribution in [0, 0.1) is 17.2 Å². The van der Waals surface area contributed by atoms with Crippen molar-refractivity contribution in [2.45, 2.75) is 63.5 Å². The van der Waals surface area contributed by atoms with Crippen molar-refractivity contribution in [3.05, 3.63) is 30.0 Å². The summed E-state index contributed by atoms with van der Waals surface area (Å²) in [5.41, 5.74) is 2.14. The minimum absolute atomic E-state index is 0.0144. The molecule has 2 heterocycles. The summed E-state index contributed by atoms with van der Waals surface area (Å²) in [5.74, 6) is 1.57. The van der Waals surface area contributed by atoms with Crippen molar-refractivity contribution in [3.63, 3.8) is 0 Å². The lowest BCUT2D eigenvalue weighted by molar-refractivity contribution is -0.133. The molecule has 1 aliphatic carbocycles. The first-order valence-electron chi connectivity index (χ1n) is 11.3. The molecule has 1 saturated carbocycles. The number of fused-ring (bicyclic) bond motifs is 1. The zero-order chi connectivity index (χ0) is 20.9. The summed E-state index contributed by atoms with van der Waals surface area (Å²) in [5, 5.41) is 13.6. The quantitative estimate of drug-likeness (QED) is 0.731. The van der Waals surface area contributed by atoms with Gasteiger partial charge >= 0.3 is 0 Å². The molecule has 1 saturated heterocycles. The summed E-state index contributed by atoms with van der Waals surface area (Å²) < 4.78 is 6.13. The molecule has 30 heavy (non-hydrogen) atoms. The van der Waals surface area contributed by atoms with Gasteiger partial charge < -0.3 is 19.9 Å². The number of aromatic nitrogens is 1. The number of aromatic amines is 1. The van der Waals surface area contributed by atoms with Crippen LogP contribution in [-0.2, 0) is 11.2 Å². The lowest BCUT2D eigenvalue weighted by Crippen LogP contribution is -2.48. The average Bonchev–Trinajstić information content (AvgIpc) is 3.43. The first-order chi connectivity index (χ1) is 14.7. The van der Waals surface area contributed by atoms with Gasteiger partial charge in [-0.1, -0.05) is 19.3 Å². The molecule has 2 aromatic rings. The van der Waals surface area contributed by atoms with Crippen LogP contribution in [0.3, 0.4) is 0 Å². The van der Waals surface area contributed by atoms with Gasteiger partial charge in [0.25, 0.3) is 0 Å². The van der Waals surface area contributed by atoms with E-state index in [1.807, 2.05) is 19.3 Å². The van der Waals surface area contributed by atoms with Crippen LogP contribution in [0.4, 0.5) is 0 Å². The third kappa shape index (κ3) is 4.46. The SMILES string of the molecule is CN[C@@H](Cc1c[nH]c2ccc(OCC3CCCCC3)cc12)C(=O)N1CCC[C@H]1C#N. The van der Waals surface area contributed by atoms with Gasteiger partial charge in [-0.05, 0) is 68.8 Å². The highest BCUT2D eigenvalue weighted by atomic mass is 16.5. The maximum Gasteiger partial charge on any atom is 0.241 e. The number of carbonyl (C=O) groups excluding carboxylic acids is 1. The minimum atomic E-state index is -0.343. The number of rotatable bonds is 7. The van der Waals surface area contributed by atoms with E-state index in [4.69, 9.17) is 4.74 Å². The van der Waals surface area contributed by atoms with Crippen LogP contribution in [0.2, 0.25) is 0 Å². The molecule has 6 nitrogen and oxygen atoms in total. The third-order valence-electron chi connectivity index (χ3n) is 6.70. The standard InChI is InChI=1S/C24H32N4O2/c1-26-23(24(29)28-11-5-8-19(28)14-25)12-18-15-27-22-10-9-20(13-21(18)22)30-16-17-6-3-2-4-7-17/h9-10,13,15,17,19,23,26-27H,2-8,11-12,16H2,1H3/t19-,23-/m0/s1. The Kier molecular flexibility index (Phi) is 6.59. The van der Waals surface area contributed by atoms with Crippen LogP contribution in [0.15, 0.2) is 24.4 Å². The van der Waals surface area contributed by atoms with Crippen LogP contribution in [0.25, 0.3) is 10.9 Å². The van der Waals surface area contributed by atoms with E-state index >= 15 is 0 Å². The number of nitrogens with one attached hydrogen (secondary N) is 2. The second-order valence-corrected chi connectivity index (χ2v) is 8.70. The zero-order valence-electron chi connectivity index (χ0n) is 17.8. The number of amides is 1. The summed E-state index contributed by atoms with van der Waals surface area (Å²) in [7, 11) is 1.81. The van der Waals surface area contributed by atoms with Gasteiger partial charge in [-0.15, -0.1) is 0 Å². The number of H-pyrrole nitrogens is 1. The van der Waals surface area contributed by atoms with Crippen molar-refractivity contribution in [2.24, 2.45) is 5.92 Å². The average molecular weight is 409 g/mol. The number of benzene rings is 1. The lowest BCUT2D eigenvalue weighted by atomic mass is 9.90. The van der Waals surface area contributed by atoms with Crippen LogP contribution >= 0.6 is 0 Å². The summed E-state index contributed by atoms with van der Waals surface area (Å²) in [4.78, 5) is 18.1. The van der Waals surface area contributed by atoms with Gasteiger partial charge in [0, 0.05) is 23.6 Å². The van der Waals surface area contributed by atoms with Crippen molar-refractivity contribution in [1.82, 2.24) is 15.2 Å². The van der Waals surface area contributed by atoms with Crippen molar-refractivity contribution in [2.75, 3.05) is 20.2 Å². The molecule has 0 bridgehead atoms. The van der Waals surface area contributed by atoms with Gasteiger partial charge in [0.15, 0.2) is 0 Å². The van der Waals surface area contributed by atoms with Crippen LogP contribution < -0.4 is 10.1 Å². The highest BCUT2D eigenvalue weighted by Crippen LogP contribution is 2.28. The first-order valence-corrected chi connectivity index (χ1v) is 11.3. The van der Waals surface area contributed by atoms with Crippen molar-refractivity contribution in [1.29, 1.82) is 5.26 Å². The van der Waals surface area contributed by atoms with E-state index < -0.39 is 0 Å². The molecule has 1 aliphatic heterocycles. The Morgan fingerprint density at radius 1 is 1.30 bits per heavy atom. The van der Waals surface area contributed by atoms with Gasteiger partial charge in [-0.3, -0.25) is 4.79 Å². The number of nitrogens with zero attached hydrogens (tertiary/aromatic N) is 2. The zero-order valence-corrected chi connectivity index (χ0v) is 17.8. The second-order valence-electron chi connectivity index (χ2n) is 8.70. The Bertz CT molecular complexity index is 910. The van der Waals surface area contributed by atoms with Crippen molar-refractivity contribution < 1.29 is 9.53 Å². The Labute approximate surface area is 178 Å². The van der Waals surface area contributed by atoms with Crippen LogP contribution in [-0.4, -0.2) is 48.1 Å². The molecule has 0 radical (unpaired) electrons. The molecular formula is C24H32N4O2. The van der Waals surface area contributed by atoms with E-state index in [1.54, 1.807) is 4.90 Å². The Morgan fingerprint density at radius 3 is 2.90 bits per heavy atom. The minimum Gasteiger partial charge on any atom is -0.493 e. The molecule has 2 fully saturated rings. The third-order valence-corrected chi connectivity index (χ3v) is 6.70. The molecule has 0 spiro atoms. The monoisotopic (exact) mass is 408 g/mol. The van der Waals surface area contributed by atoms with Crippen molar-refractivity contribution in [3.8, 4) is 11.8 Å². The van der Waals surface area contributed by atoms with E-state index in [-0.39, 0.29) is 18.0 Å². The molecule has 6 heteroatoms. The van der Waals surface area contributed by atoms with E-state index in [0.717, 1.165) is 41.7 Å². The van der Waals surface area contributed by atoms with Crippen LogP contribution in [0.1, 0.15) is 50.5 Å². The summed E-state index contributed by atoms with van der Waals surface area (Å²) in [6, 6.07) is 7.79. The van der Waals surface area contributed by atoms with Crippen molar-refractivity contribution >= 4 is 16.8 Å². The predicted molar refractivity (Wildman–Crippen MR) is 117 cm³/mol. The summed E-state index contributed by atoms with van der Waals surface area (Å²) in [6.07, 6.45) is 10.8. The number of ether oxygens (including phenoxy) is 1. The molecule has 1 amide bonds. The Morgan fingerprint density at radius 2 is 2.13 bits per heavy atom. The maximum atomic E-state index is 13.0. The highest BCUT2D eigenvalue weighted by Gasteiger charge is 2.32. The second kappa shape index (κ2) is 9.53. The normalized spacial score (nSPS) is 20.9. The number of hydrogen-bond donors (Lipinski definition) is 2. The number of carbonyl (C=O) groups is 1. The highest BCUT2D eigenvalue weighted by molar-refractivity contribution is 5.87. The number of likely N-dealkylation sites (N-methyl/N-ethyl adjacent to an activating group) is 1. The number of likely N-dealkylation sites (tertiary alicyclic amines) is 1. The summed E-state index contributed by atoms with van der Waals surface area (Å²) >= 11 is 0. The van der Waals surface area contributed by atoms with Gasteiger partial charge in [0.1, 0.15) is 11.8 Å². The topological polar surface area (TPSA) is 81.2 Å². The smallest absolute Gasteiger partial charge is 0.241 e. The van der Waals surface area contributed by atoms with Gasteiger partial charge in [-0.25, -0.2) is 0 Å². The largest absolute Gasteiger partial charge is 0.493 e. The fraction of sp³-hybridized carbons (Fsp3) is 0.583. The molecule has 0 unspecified atom stereocenters. The fourth-order valence-corrected chi connectivity index (χ4v) is 4.88. The van der Waals surface area contributed by atoms with Crippen LogP contribution in [0.5, 0.6) is 5.75 Å². The molecule has 2 aliphatic rings. The molecule has 1 aromatic heterocycles. The lowest BCUT2D eigenvalue weighted by Gasteiger charge is -2.25. The Hall–Kier alpha value is -2.52. The van der Waals surface area contributed by atoms with E-state index in [9.17, 15) is 10.1 Å². The molecule has 1 aromatic carbocycles. The van der Waals surface area contributed by atoms with E-state index in [1.165, 1.54) is 32.1 Å². The molecular weight excluding hydrogens is 376 g/mol. The first kappa shape index (κ1) is 20.7.